The average molecular weight is 510 g/mol. The second-order valence-electron chi connectivity index (χ2n) is 9.09. The summed E-state index contributed by atoms with van der Waals surface area (Å²) in [5.74, 6) is 0.469. The molecule has 192 valence electrons. The molecule has 1 fully saturated rings. The monoisotopic (exact) mass is 509 g/mol. The van der Waals surface area contributed by atoms with Gasteiger partial charge in [0.15, 0.2) is 5.16 Å². The van der Waals surface area contributed by atoms with Gasteiger partial charge in [0.25, 0.3) is 5.91 Å². The molecule has 1 aromatic carbocycles. The molecule has 0 bridgehead atoms. The van der Waals surface area contributed by atoms with Gasteiger partial charge in [0, 0.05) is 48.4 Å². The van der Waals surface area contributed by atoms with Gasteiger partial charge < -0.3 is 26.4 Å². The SMILES string of the molecule is C=C(C)/C(=C\C(=C/N)NC(=O)c1cccc(C2NC(C)(C)CO2)c1)NCc1cnc(SC)nc1NC. The number of carbonyl (C=O) groups is 1. The summed E-state index contributed by atoms with van der Waals surface area (Å²) in [5, 5.41) is 13.4. The van der Waals surface area contributed by atoms with Crippen molar-refractivity contribution in [3.05, 3.63) is 83.0 Å². The number of anilines is 1. The Kier molecular flexibility index (Phi) is 9.14. The maximum Gasteiger partial charge on any atom is 0.255 e. The van der Waals surface area contributed by atoms with Crippen LogP contribution in [0, 0.1) is 0 Å². The van der Waals surface area contributed by atoms with Crippen molar-refractivity contribution in [2.75, 3.05) is 25.2 Å². The van der Waals surface area contributed by atoms with E-state index in [9.17, 15) is 4.79 Å². The normalized spacial score (nSPS) is 17.5. The minimum Gasteiger partial charge on any atom is -0.403 e. The molecule has 2 aromatic rings. The van der Waals surface area contributed by atoms with Gasteiger partial charge >= 0.3 is 0 Å². The highest BCUT2D eigenvalue weighted by Crippen LogP contribution is 2.26. The number of nitrogens with one attached hydrogen (secondary N) is 4. The van der Waals surface area contributed by atoms with Crippen LogP contribution >= 0.6 is 11.8 Å². The van der Waals surface area contributed by atoms with Gasteiger partial charge in [0.2, 0.25) is 0 Å². The Morgan fingerprint density at radius 3 is 2.81 bits per heavy atom. The molecular formula is C26H35N7O2S. The van der Waals surface area contributed by atoms with Crippen LogP contribution in [0.15, 0.2) is 71.4 Å². The predicted molar refractivity (Wildman–Crippen MR) is 145 cm³/mol. The zero-order valence-electron chi connectivity index (χ0n) is 21.4. The topological polar surface area (TPSA) is 126 Å². The number of rotatable bonds is 10. The molecule has 1 amide bonds. The van der Waals surface area contributed by atoms with Gasteiger partial charge in [-0.1, -0.05) is 30.5 Å². The third-order valence-corrected chi connectivity index (χ3v) is 6.07. The lowest BCUT2D eigenvalue weighted by atomic mass is 10.1. The van der Waals surface area contributed by atoms with Crippen LogP contribution < -0.4 is 27.0 Å². The Hall–Kier alpha value is -3.34. The first-order chi connectivity index (χ1) is 17.2. The van der Waals surface area contributed by atoms with Crippen molar-refractivity contribution in [1.29, 1.82) is 0 Å². The van der Waals surface area contributed by atoms with E-state index in [2.05, 4.69) is 51.7 Å². The summed E-state index contributed by atoms with van der Waals surface area (Å²) in [6, 6.07) is 7.36. The molecule has 10 heteroatoms. The number of nitrogens with zero attached hydrogens (tertiary/aromatic N) is 2. The fourth-order valence-corrected chi connectivity index (χ4v) is 3.93. The third kappa shape index (κ3) is 7.09. The van der Waals surface area contributed by atoms with Gasteiger partial charge in [-0.05, 0) is 56.4 Å². The van der Waals surface area contributed by atoms with Crippen molar-refractivity contribution in [3.63, 3.8) is 0 Å². The minimum absolute atomic E-state index is 0.119. The molecule has 0 spiro atoms. The van der Waals surface area contributed by atoms with Crippen LogP contribution in [0.5, 0.6) is 0 Å². The van der Waals surface area contributed by atoms with Crippen molar-refractivity contribution >= 4 is 23.5 Å². The van der Waals surface area contributed by atoms with E-state index in [1.54, 1.807) is 18.3 Å². The molecule has 0 radical (unpaired) electrons. The smallest absolute Gasteiger partial charge is 0.255 e. The minimum atomic E-state index is -0.276. The number of allylic oxidation sites excluding steroid dienone is 2. The van der Waals surface area contributed by atoms with E-state index in [0.717, 1.165) is 28.2 Å². The van der Waals surface area contributed by atoms with Gasteiger partial charge in [-0.15, -0.1) is 0 Å². The largest absolute Gasteiger partial charge is 0.403 e. The molecule has 1 aromatic heterocycles. The lowest BCUT2D eigenvalue weighted by Gasteiger charge is -2.17. The number of ether oxygens (including phenoxy) is 1. The maximum atomic E-state index is 13.0. The molecular weight excluding hydrogens is 474 g/mol. The van der Waals surface area contributed by atoms with E-state index in [1.807, 2.05) is 38.4 Å². The lowest BCUT2D eigenvalue weighted by Crippen LogP contribution is -2.35. The number of carbonyl (C=O) groups excluding carboxylic acids is 1. The van der Waals surface area contributed by atoms with Crippen LogP contribution in [-0.2, 0) is 11.3 Å². The van der Waals surface area contributed by atoms with E-state index >= 15 is 0 Å². The average Bonchev–Trinajstić information content (AvgIpc) is 3.25. The summed E-state index contributed by atoms with van der Waals surface area (Å²) < 4.78 is 5.85. The molecule has 1 aliphatic rings. The molecule has 1 saturated heterocycles. The first kappa shape index (κ1) is 27.3. The van der Waals surface area contributed by atoms with Gasteiger partial charge in [0.05, 0.1) is 12.3 Å². The lowest BCUT2D eigenvalue weighted by molar-refractivity contribution is 0.0958. The molecule has 9 nitrogen and oxygen atoms in total. The maximum absolute atomic E-state index is 13.0. The highest BCUT2D eigenvalue weighted by atomic mass is 32.2. The van der Waals surface area contributed by atoms with Crippen molar-refractivity contribution < 1.29 is 9.53 Å². The van der Waals surface area contributed by atoms with Crippen LogP contribution in [0.2, 0.25) is 0 Å². The molecule has 0 saturated carbocycles. The van der Waals surface area contributed by atoms with Gasteiger partial charge in [-0.2, -0.15) is 0 Å². The Bertz CT molecular complexity index is 1180. The number of nitrogens with two attached hydrogens (primary N) is 1. The summed E-state index contributed by atoms with van der Waals surface area (Å²) in [6.07, 6.45) is 6.57. The van der Waals surface area contributed by atoms with E-state index < -0.39 is 0 Å². The third-order valence-electron chi connectivity index (χ3n) is 5.51. The standard InChI is InChI=1S/C26H35N7O2S/c1-16(2)21(29-13-19-14-30-25(36-6)32-22(19)28-5)11-20(12-27)31-23(34)17-8-7-9-18(10-17)24-33-26(3,4)15-35-24/h7-12,14,24,29,33H,1,13,15,27H2,2-6H3,(H,31,34)(H,28,30,32)/b20-12+,21-11+. The summed E-state index contributed by atoms with van der Waals surface area (Å²) in [4.78, 5) is 21.8. The summed E-state index contributed by atoms with van der Waals surface area (Å²) in [5.41, 5.74) is 9.97. The van der Waals surface area contributed by atoms with E-state index in [-0.39, 0.29) is 17.7 Å². The fourth-order valence-electron chi connectivity index (χ4n) is 3.59. The van der Waals surface area contributed by atoms with E-state index in [0.29, 0.717) is 29.6 Å². The second kappa shape index (κ2) is 12.1. The number of aromatic nitrogens is 2. The summed E-state index contributed by atoms with van der Waals surface area (Å²) in [6.45, 7) is 11.1. The quantitative estimate of drug-likeness (QED) is 0.186. The highest BCUT2D eigenvalue weighted by Gasteiger charge is 2.31. The molecule has 0 aliphatic carbocycles. The van der Waals surface area contributed by atoms with Crippen LogP contribution in [0.1, 0.15) is 48.5 Å². The van der Waals surface area contributed by atoms with Crippen molar-refractivity contribution in [1.82, 2.24) is 25.9 Å². The zero-order valence-corrected chi connectivity index (χ0v) is 22.3. The zero-order chi connectivity index (χ0) is 26.3. The van der Waals surface area contributed by atoms with Gasteiger partial charge in [0.1, 0.15) is 12.0 Å². The Labute approximate surface area is 217 Å². The van der Waals surface area contributed by atoms with Gasteiger partial charge in [-0.3, -0.25) is 10.1 Å². The molecule has 1 aliphatic heterocycles. The second-order valence-corrected chi connectivity index (χ2v) is 9.87. The van der Waals surface area contributed by atoms with Gasteiger partial charge in [-0.25, -0.2) is 9.97 Å². The van der Waals surface area contributed by atoms with E-state index in [4.69, 9.17) is 10.5 Å². The van der Waals surface area contributed by atoms with Crippen molar-refractivity contribution in [2.24, 2.45) is 5.73 Å². The molecule has 2 heterocycles. The molecule has 36 heavy (non-hydrogen) atoms. The van der Waals surface area contributed by atoms with E-state index in [1.165, 1.54) is 18.0 Å². The number of hydrogen-bond acceptors (Lipinski definition) is 9. The molecule has 1 unspecified atom stereocenters. The number of amides is 1. The summed E-state index contributed by atoms with van der Waals surface area (Å²) >= 11 is 1.48. The van der Waals surface area contributed by atoms with Crippen LogP contribution in [0.3, 0.4) is 0 Å². The Morgan fingerprint density at radius 2 is 2.19 bits per heavy atom. The first-order valence-corrected chi connectivity index (χ1v) is 12.8. The number of thioether (sulfide) groups is 1. The van der Waals surface area contributed by atoms with Crippen molar-refractivity contribution in [2.45, 2.75) is 44.2 Å². The highest BCUT2D eigenvalue weighted by molar-refractivity contribution is 7.98. The predicted octanol–water partition coefficient (Wildman–Crippen LogP) is 3.42. The Morgan fingerprint density at radius 1 is 1.42 bits per heavy atom. The number of benzene rings is 1. The van der Waals surface area contributed by atoms with Crippen LogP contribution in [0.4, 0.5) is 5.82 Å². The molecule has 3 rings (SSSR count). The molecule has 1 atom stereocenters. The molecule has 6 N–H and O–H groups in total. The first-order valence-electron chi connectivity index (χ1n) is 11.6. The Balaban J connectivity index is 1.71. The summed E-state index contributed by atoms with van der Waals surface area (Å²) in [7, 11) is 1.82. The number of hydrogen-bond donors (Lipinski definition) is 5. The van der Waals surface area contributed by atoms with Crippen LogP contribution in [0.25, 0.3) is 0 Å². The fraction of sp³-hybridized carbons (Fsp3) is 0.346. The van der Waals surface area contributed by atoms with Crippen LogP contribution in [-0.4, -0.2) is 41.3 Å². The van der Waals surface area contributed by atoms with Crippen molar-refractivity contribution in [3.8, 4) is 0 Å².